The molecule has 1 saturated heterocycles. The Morgan fingerprint density at radius 2 is 2.11 bits per heavy atom. The summed E-state index contributed by atoms with van der Waals surface area (Å²) in [6.07, 6.45) is 3.76. The monoisotopic (exact) mass is 256 g/mol. The second-order valence-corrected chi connectivity index (χ2v) is 6.72. The first-order chi connectivity index (χ1) is 8.42. The van der Waals surface area contributed by atoms with Crippen molar-refractivity contribution < 1.29 is 4.74 Å². The smallest absolute Gasteiger partial charge is 0.0506 e. The third-order valence-corrected chi connectivity index (χ3v) is 3.76. The lowest BCUT2D eigenvalue weighted by atomic mass is 10.0. The van der Waals surface area contributed by atoms with Gasteiger partial charge in [0.1, 0.15) is 0 Å². The standard InChI is InChI=1S/C15H32N2O/c1-6-14(10-16-15(2,3)4)17(5)11-13-8-7-9-18-12-13/h13-14,16H,6-12H2,1-5H3. The van der Waals surface area contributed by atoms with Crippen LogP contribution in [0.2, 0.25) is 0 Å². The molecule has 0 aromatic heterocycles. The topological polar surface area (TPSA) is 24.5 Å². The molecule has 0 saturated carbocycles. The second-order valence-electron chi connectivity index (χ2n) is 6.72. The summed E-state index contributed by atoms with van der Waals surface area (Å²) in [7, 11) is 2.26. The molecule has 0 amide bonds. The van der Waals surface area contributed by atoms with Gasteiger partial charge in [-0.15, -0.1) is 0 Å². The Morgan fingerprint density at radius 3 is 2.61 bits per heavy atom. The third-order valence-electron chi connectivity index (χ3n) is 3.76. The van der Waals surface area contributed by atoms with Gasteiger partial charge in [-0.2, -0.15) is 0 Å². The fraction of sp³-hybridized carbons (Fsp3) is 1.00. The maximum Gasteiger partial charge on any atom is 0.0506 e. The zero-order valence-electron chi connectivity index (χ0n) is 13.0. The molecule has 0 aromatic carbocycles. The van der Waals surface area contributed by atoms with Crippen LogP contribution < -0.4 is 5.32 Å². The van der Waals surface area contributed by atoms with Gasteiger partial charge in [0.2, 0.25) is 0 Å². The molecule has 0 aromatic rings. The number of rotatable bonds is 6. The molecule has 2 atom stereocenters. The average molecular weight is 256 g/mol. The minimum absolute atomic E-state index is 0.211. The van der Waals surface area contributed by atoms with Crippen molar-refractivity contribution in [2.24, 2.45) is 5.92 Å². The first kappa shape index (κ1) is 15.9. The largest absolute Gasteiger partial charge is 0.381 e. The number of hydrogen-bond donors (Lipinski definition) is 1. The molecule has 0 spiro atoms. The Bertz CT molecular complexity index is 219. The molecular weight excluding hydrogens is 224 g/mol. The van der Waals surface area contributed by atoms with Crippen molar-refractivity contribution in [3.63, 3.8) is 0 Å². The molecule has 0 aliphatic carbocycles. The van der Waals surface area contributed by atoms with Crippen LogP contribution >= 0.6 is 0 Å². The molecule has 3 heteroatoms. The highest BCUT2D eigenvalue weighted by atomic mass is 16.5. The van der Waals surface area contributed by atoms with E-state index in [0.29, 0.717) is 6.04 Å². The molecule has 108 valence electrons. The van der Waals surface area contributed by atoms with Gasteiger partial charge in [-0.3, -0.25) is 0 Å². The van der Waals surface area contributed by atoms with E-state index in [1.165, 1.54) is 25.8 Å². The van der Waals surface area contributed by atoms with Gasteiger partial charge in [0.05, 0.1) is 6.61 Å². The van der Waals surface area contributed by atoms with Gasteiger partial charge < -0.3 is 15.0 Å². The van der Waals surface area contributed by atoms with Gasteiger partial charge in [0.25, 0.3) is 0 Å². The highest BCUT2D eigenvalue weighted by molar-refractivity contribution is 4.78. The van der Waals surface area contributed by atoms with E-state index in [1.807, 2.05) is 0 Å². The number of likely N-dealkylation sites (N-methyl/N-ethyl adjacent to an activating group) is 1. The van der Waals surface area contributed by atoms with E-state index >= 15 is 0 Å². The van der Waals surface area contributed by atoms with Crippen molar-refractivity contribution >= 4 is 0 Å². The fourth-order valence-corrected chi connectivity index (χ4v) is 2.54. The fourth-order valence-electron chi connectivity index (χ4n) is 2.54. The number of hydrogen-bond acceptors (Lipinski definition) is 3. The Morgan fingerprint density at radius 1 is 1.39 bits per heavy atom. The molecular formula is C15H32N2O. The van der Waals surface area contributed by atoms with Crippen LogP contribution in [-0.4, -0.2) is 49.8 Å². The van der Waals surface area contributed by atoms with E-state index in [2.05, 4.69) is 45.0 Å². The van der Waals surface area contributed by atoms with E-state index in [0.717, 1.165) is 25.7 Å². The van der Waals surface area contributed by atoms with Crippen LogP contribution in [0.3, 0.4) is 0 Å². The van der Waals surface area contributed by atoms with Gasteiger partial charge in [0, 0.05) is 31.3 Å². The van der Waals surface area contributed by atoms with Crippen LogP contribution in [0.15, 0.2) is 0 Å². The molecule has 3 nitrogen and oxygen atoms in total. The number of nitrogens with zero attached hydrogens (tertiary/aromatic N) is 1. The molecule has 1 heterocycles. The summed E-state index contributed by atoms with van der Waals surface area (Å²) in [6.45, 7) is 13.1. The second kappa shape index (κ2) is 7.46. The molecule has 1 N–H and O–H groups in total. The molecule has 18 heavy (non-hydrogen) atoms. The van der Waals surface area contributed by atoms with Crippen LogP contribution in [0.1, 0.15) is 47.0 Å². The lowest BCUT2D eigenvalue weighted by molar-refractivity contribution is 0.0354. The molecule has 2 unspecified atom stereocenters. The summed E-state index contributed by atoms with van der Waals surface area (Å²) >= 11 is 0. The number of nitrogens with one attached hydrogen (secondary N) is 1. The van der Waals surface area contributed by atoms with Crippen LogP contribution in [0.4, 0.5) is 0 Å². The summed E-state index contributed by atoms with van der Waals surface area (Å²) in [5.74, 6) is 0.729. The summed E-state index contributed by atoms with van der Waals surface area (Å²) in [5, 5.41) is 3.62. The number of ether oxygens (including phenoxy) is 1. The Kier molecular flexibility index (Phi) is 6.61. The SMILES string of the molecule is CCC(CNC(C)(C)C)N(C)CC1CCCOC1. The molecule has 1 rings (SSSR count). The Labute approximate surface area is 113 Å². The van der Waals surface area contributed by atoms with Gasteiger partial charge >= 0.3 is 0 Å². The minimum Gasteiger partial charge on any atom is -0.381 e. The van der Waals surface area contributed by atoms with Gasteiger partial charge in [-0.25, -0.2) is 0 Å². The van der Waals surface area contributed by atoms with Crippen LogP contribution in [-0.2, 0) is 4.74 Å². The van der Waals surface area contributed by atoms with Crippen LogP contribution in [0, 0.1) is 5.92 Å². The first-order valence-electron chi connectivity index (χ1n) is 7.45. The van der Waals surface area contributed by atoms with E-state index in [1.54, 1.807) is 0 Å². The lowest BCUT2D eigenvalue weighted by Gasteiger charge is -2.34. The minimum atomic E-state index is 0.211. The summed E-state index contributed by atoms with van der Waals surface area (Å²) in [6, 6.07) is 0.631. The lowest BCUT2D eigenvalue weighted by Crippen LogP contribution is -2.47. The predicted molar refractivity (Wildman–Crippen MR) is 78.0 cm³/mol. The van der Waals surface area contributed by atoms with Crippen molar-refractivity contribution in [3.8, 4) is 0 Å². The molecule has 1 aliphatic heterocycles. The van der Waals surface area contributed by atoms with E-state index in [4.69, 9.17) is 4.74 Å². The maximum atomic E-state index is 5.57. The Balaban J connectivity index is 2.33. The van der Waals surface area contributed by atoms with E-state index < -0.39 is 0 Å². The first-order valence-corrected chi connectivity index (χ1v) is 7.45. The van der Waals surface area contributed by atoms with Gasteiger partial charge in [-0.1, -0.05) is 6.92 Å². The van der Waals surface area contributed by atoms with Crippen LogP contribution in [0.25, 0.3) is 0 Å². The molecule has 1 fully saturated rings. The summed E-state index contributed by atoms with van der Waals surface area (Å²) < 4.78 is 5.57. The van der Waals surface area contributed by atoms with Gasteiger partial charge in [-0.05, 0) is 53.0 Å². The van der Waals surface area contributed by atoms with Crippen molar-refractivity contribution in [2.45, 2.75) is 58.5 Å². The summed E-state index contributed by atoms with van der Waals surface area (Å²) in [5.41, 5.74) is 0.211. The zero-order valence-corrected chi connectivity index (χ0v) is 13.0. The molecule has 0 bridgehead atoms. The van der Waals surface area contributed by atoms with E-state index in [9.17, 15) is 0 Å². The highest BCUT2D eigenvalue weighted by Gasteiger charge is 2.21. The van der Waals surface area contributed by atoms with Crippen molar-refractivity contribution in [2.75, 3.05) is 33.4 Å². The maximum absolute atomic E-state index is 5.57. The van der Waals surface area contributed by atoms with Crippen LogP contribution in [0.5, 0.6) is 0 Å². The third kappa shape index (κ3) is 6.17. The van der Waals surface area contributed by atoms with E-state index in [-0.39, 0.29) is 5.54 Å². The normalized spacial score (nSPS) is 23.3. The molecule has 1 aliphatic rings. The zero-order chi connectivity index (χ0) is 13.6. The van der Waals surface area contributed by atoms with Gasteiger partial charge in [0.15, 0.2) is 0 Å². The van der Waals surface area contributed by atoms with Crippen molar-refractivity contribution in [1.29, 1.82) is 0 Å². The highest BCUT2D eigenvalue weighted by Crippen LogP contribution is 2.16. The van der Waals surface area contributed by atoms with Crippen molar-refractivity contribution in [3.05, 3.63) is 0 Å². The quantitative estimate of drug-likeness (QED) is 0.790. The molecule has 0 radical (unpaired) electrons. The Hall–Kier alpha value is -0.120. The average Bonchev–Trinajstić information content (AvgIpc) is 2.29. The van der Waals surface area contributed by atoms with Crippen molar-refractivity contribution in [1.82, 2.24) is 10.2 Å². The summed E-state index contributed by atoms with van der Waals surface area (Å²) in [4.78, 5) is 2.51. The predicted octanol–water partition coefficient (Wildman–Crippen LogP) is 2.51.